The van der Waals surface area contributed by atoms with Crippen molar-refractivity contribution in [2.45, 2.75) is 6.92 Å². The molecule has 120 valence electrons. The quantitative estimate of drug-likeness (QED) is 0.752. The van der Waals surface area contributed by atoms with Gasteiger partial charge in [0.05, 0.1) is 11.9 Å². The van der Waals surface area contributed by atoms with E-state index in [1.165, 1.54) is 0 Å². The summed E-state index contributed by atoms with van der Waals surface area (Å²) < 4.78 is 26.5. The zero-order valence-corrected chi connectivity index (χ0v) is 13.9. The number of aryl methyl sites for hydroxylation is 1. The van der Waals surface area contributed by atoms with E-state index in [1.807, 2.05) is 0 Å². The predicted molar refractivity (Wildman–Crippen MR) is 88.7 cm³/mol. The molecule has 3 aromatic rings. The predicted octanol–water partition coefficient (Wildman–Crippen LogP) is 2.44. The second-order valence-corrected chi connectivity index (χ2v) is 7.78. The Labute approximate surface area is 136 Å². The lowest BCUT2D eigenvalue weighted by atomic mass is 10.1. The number of aromatic nitrogens is 2. The highest BCUT2D eigenvalue weighted by molar-refractivity contribution is 7.92. The third-order valence-corrected chi connectivity index (χ3v) is 4.99. The number of carboxylic acids is 1. The number of carboxylic acid groups (broad SMARTS) is 1. The van der Waals surface area contributed by atoms with Crippen molar-refractivity contribution in [2.24, 2.45) is 0 Å². The summed E-state index contributed by atoms with van der Waals surface area (Å²) in [5.41, 5.74) is 2.62. The molecule has 7 nitrogen and oxygen atoms in total. The Morgan fingerprint density at radius 3 is 2.48 bits per heavy atom. The third-order valence-electron chi connectivity index (χ3n) is 3.24. The first-order valence-corrected chi connectivity index (χ1v) is 9.25. The highest BCUT2D eigenvalue weighted by atomic mass is 32.2. The fourth-order valence-corrected chi connectivity index (χ4v) is 3.72. The van der Waals surface area contributed by atoms with Gasteiger partial charge < -0.3 is 5.11 Å². The van der Waals surface area contributed by atoms with Crippen LogP contribution in [0.25, 0.3) is 16.2 Å². The van der Waals surface area contributed by atoms with Gasteiger partial charge in [-0.3, -0.25) is 9.12 Å². The maximum absolute atomic E-state index is 11.2. The molecule has 3 rings (SSSR count). The van der Waals surface area contributed by atoms with E-state index >= 15 is 0 Å². The number of nitrogens with one attached hydrogen (secondary N) is 1. The number of benzene rings is 1. The zero-order chi connectivity index (χ0) is 16.8. The van der Waals surface area contributed by atoms with E-state index in [2.05, 4.69) is 9.71 Å². The molecule has 2 aromatic heterocycles. The van der Waals surface area contributed by atoms with E-state index < -0.39 is 16.0 Å². The van der Waals surface area contributed by atoms with Gasteiger partial charge in [-0.2, -0.15) is 0 Å². The van der Waals surface area contributed by atoms with Crippen LogP contribution in [0.4, 0.5) is 5.69 Å². The molecule has 2 heterocycles. The summed E-state index contributed by atoms with van der Waals surface area (Å²) in [5.74, 6) is -0.962. The summed E-state index contributed by atoms with van der Waals surface area (Å²) in [5, 5.41) is 9.11. The van der Waals surface area contributed by atoms with Crippen molar-refractivity contribution < 1.29 is 18.3 Å². The number of hydrogen-bond acceptors (Lipinski definition) is 5. The van der Waals surface area contributed by atoms with Gasteiger partial charge >= 0.3 is 5.97 Å². The SMILES string of the molecule is Cc1c(C(=O)O)sc2nc(-c3ccc(NS(C)(=O)=O)cc3)cn12. The molecular weight excluding hydrogens is 338 g/mol. The van der Waals surface area contributed by atoms with Gasteiger partial charge in [-0.15, -0.1) is 0 Å². The van der Waals surface area contributed by atoms with Crippen LogP contribution in [0.1, 0.15) is 15.4 Å². The summed E-state index contributed by atoms with van der Waals surface area (Å²) in [6, 6.07) is 6.82. The molecule has 0 aliphatic heterocycles. The molecule has 0 unspecified atom stereocenters. The third kappa shape index (κ3) is 3.06. The average molecular weight is 351 g/mol. The minimum Gasteiger partial charge on any atom is -0.477 e. The normalized spacial score (nSPS) is 11.7. The number of carbonyl (C=O) groups is 1. The van der Waals surface area contributed by atoms with Gasteiger partial charge in [-0.05, 0) is 19.1 Å². The Kier molecular flexibility index (Phi) is 3.61. The number of nitrogens with zero attached hydrogens (tertiary/aromatic N) is 2. The molecule has 0 atom stereocenters. The van der Waals surface area contributed by atoms with Gasteiger partial charge in [0.1, 0.15) is 4.88 Å². The molecule has 23 heavy (non-hydrogen) atoms. The van der Waals surface area contributed by atoms with E-state index in [9.17, 15) is 13.2 Å². The molecule has 9 heteroatoms. The van der Waals surface area contributed by atoms with Crippen LogP contribution in [0.2, 0.25) is 0 Å². The molecule has 1 aromatic carbocycles. The van der Waals surface area contributed by atoms with Gasteiger partial charge in [0.2, 0.25) is 10.0 Å². The van der Waals surface area contributed by atoms with Crippen LogP contribution in [-0.4, -0.2) is 35.1 Å². The smallest absolute Gasteiger partial charge is 0.347 e. The van der Waals surface area contributed by atoms with Gasteiger partial charge in [-0.25, -0.2) is 18.2 Å². The van der Waals surface area contributed by atoms with E-state index in [0.717, 1.165) is 23.2 Å². The number of sulfonamides is 1. The molecule has 0 spiro atoms. The number of aromatic carboxylic acids is 1. The number of anilines is 1. The second kappa shape index (κ2) is 5.36. The Hall–Kier alpha value is -2.39. The van der Waals surface area contributed by atoms with E-state index in [-0.39, 0.29) is 4.88 Å². The van der Waals surface area contributed by atoms with Crippen LogP contribution < -0.4 is 4.72 Å². The fourth-order valence-electron chi connectivity index (χ4n) is 2.21. The number of hydrogen-bond donors (Lipinski definition) is 2. The molecule has 0 aliphatic carbocycles. The average Bonchev–Trinajstić information content (AvgIpc) is 2.98. The number of thiazole rings is 1. The molecule has 0 radical (unpaired) electrons. The fraction of sp³-hybridized carbons (Fsp3) is 0.143. The summed E-state index contributed by atoms with van der Waals surface area (Å²) in [4.78, 5) is 16.4. The summed E-state index contributed by atoms with van der Waals surface area (Å²) in [6.07, 6.45) is 2.86. The topological polar surface area (TPSA) is 101 Å². The lowest BCUT2D eigenvalue weighted by molar-refractivity contribution is 0.0701. The van der Waals surface area contributed by atoms with Gasteiger partial charge in [0.15, 0.2) is 4.96 Å². The summed E-state index contributed by atoms with van der Waals surface area (Å²) in [6.45, 7) is 1.73. The molecule has 0 saturated heterocycles. The molecule has 0 bridgehead atoms. The molecule has 0 fully saturated rings. The van der Waals surface area contributed by atoms with Crippen LogP contribution in [0.3, 0.4) is 0 Å². The Morgan fingerprint density at radius 1 is 1.30 bits per heavy atom. The Balaban J connectivity index is 1.96. The minimum atomic E-state index is -3.31. The van der Waals surface area contributed by atoms with E-state index in [1.54, 1.807) is 41.8 Å². The van der Waals surface area contributed by atoms with Crippen molar-refractivity contribution in [3.63, 3.8) is 0 Å². The molecular formula is C14H13N3O4S2. The van der Waals surface area contributed by atoms with E-state index in [0.29, 0.717) is 22.0 Å². The van der Waals surface area contributed by atoms with Crippen molar-refractivity contribution in [1.82, 2.24) is 9.38 Å². The van der Waals surface area contributed by atoms with Gasteiger partial charge in [0.25, 0.3) is 0 Å². The molecule has 0 saturated carbocycles. The Morgan fingerprint density at radius 2 is 1.96 bits per heavy atom. The minimum absolute atomic E-state index is 0.270. The van der Waals surface area contributed by atoms with Crippen molar-refractivity contribution >= 4 is 38.0 Å². The van der Waals surface area contributed by atoms with Crippen LogP contribution in [0.15, 0.2) is 30.5 Å². The van der Waals surface area contributed by atoms with Crippen LogP contribution in [-0.2, 0) is 10.0 Å². The van der Waals surface area contributed by atoms with E-state index in [4.69, 9.17) is 5.11 Å². The maximum Gasteiger partial charge on any atom is 0.347 e. The van der Waals surface area contributed by atoms with Crippen LogP contribution in [0.5, 0.6) is 0 Å². The van der Waals surface area contributed by atoms with Crippen molar-refractivity contribution in [3.05, 3.63) is 41.0 Å². The standard InChI is InChI=1S/C14H13N3O4S2/c1-8-12(13(18)19)22-14-15-11(7-17(8)14)9-3-5-10(6-4-9)16-23(2,20)21/h3-7,16H,1-2H3,(H,18,19). The summed E-state index contributed by atoms with van der Waals surface area (Å²) >= 11 is 1.12. The van der Waals surface area contributed by atoms with Crippen molar-refractivity contribution in [2.75, 3.05) is 11.0 Å². The molecule has 0 amide bonds. The number of rotatable bonds is 4. The van der Waals surface area contributed by atoms with Crippen molar-refractivity contribution in [1.29, 1.82) is 0 Å². The van der Waals surface area contributed by atoms with Crippen molar-refractivity contribution in [3.8, 4) is 11.3 Å². The van der Waals surface area contributed by atoms with Crippen LogP contribution in [0, 0.1) is 6.92 Å². The lowest BCUT2D eigenvalue weighted by Crippen LogP contribution is -2.09. The monoisotopic (exact) mass is 351 g/mol. The Bertz CT molecular complexity index is 1000. The first kappa shape index (κ1) is 15.5. The van der Waals surface area contributed by atoms with Gasteiger partial charge in [-0.1, -0.05) is 23.5 Å². The number of imidazole rings is 1. The highest BCUT2D eigenvalue weighted by Gasteiger charge is 2.17. The summed E-state index contributed by atoms with van der Waals surface area (Å²) in [7, 11) is -3.31. The lowest BCUT2D eigenvalue weighted by Gasteiger charge is -2.04. The second-order valence-electron chi connectivity index (χ2n) is 5.05. The van der Waals surface area contributed by atoms with Gasteiger partial charge in [0, 0.05) is 23.1 Å². The first-order chi connectivity index (χ1) is 10.7. The maximum atomic E-state index is 11.2. The molecule has 0 aliphatic rings. The largest absolute Gasteiger partial charge is 0.477 e. The zero-order valence-electron chi connectivity index (χ0n) is 12.3. The first-order valence-electron chi connectivity index (χ1n) is 6.54. The van der Waals surface area contributed by atoms with Crippen LogP contribution >= 0.6 is 11.3 Å². The highest BCUT2D eigenvalue weighted by Crippen LogP contribution is 2.27. The molecule has 2 N–H and O–H groups in total. The number of fused-ring (bicyclic) bond motifs is 1.